The standard InChI is InChI=1S/C30H26F2N2O2S/c31-24-4-1-5-25(32)23(24)15-30(36)10-2-3-18(14-30)11-27(35)19-6-7-21-16-33-29(22(21)12-19)20-8-9-26-28(13-20)37-17-34-26/h1,4-9,12-13,17-18,36H,2-3,10-11,14-16H2/t18-,30+/m0/s1. The molecule has 1 aromatic heterocycles. The molecule has 1 aliphatic carbocycles. The number of thiazole rings is 1. The number of carbonyl (C=O) groups excluding carboxylic acids is 1. The van der Waals surface area contributed by atoms with Gasteiger partial charge in [0.1, 0.15) is 11.6 Å². The number of hydrogen-bond acceptors (Lipinski definition) is 5. The van der Waals surface area contributed by atoms with Gasteiger partial charge in [0, 0.05) is 35.1 Å². The van der Waals surface area contributed by atoms with Crippen LogP contribution >= 0.6 is 11.3 Å². The van der Waals surface area contributed by atoms with Gasteiger partial charge in [-0.25, -0.2) is 13.8 Å². The second-order valence-corrected chi connectivity index (χ2v) is 11.1. The summed E-state index contributed by atoms with van der Waals surface area (Å²) in [5.41, 5.74) is 6.08. The van der Waals surface area contributed by atoms with Crippen LogP contribution < -0.4 is 0 Å². The maximum absolute atomic E-state index is 14.2. The van der Waals surface area contributed by atoms with Gasteiger partial charge in [-0.2, -0.15) is 0 Å². The van der Waals surface area contributed by atoms with Gasteiger partial charge in [0.25, 0.3) is 0 Å². The molecule has 0 saturated heterocycles. The van der Waals surface area contributed by atoms with Gasteiger partial charge in [-0.15, -0.1) is 11.3 Å². The van der Waals surface area contributed by atoms with Crippen molar-refractivity contribution in [2.45, 2.75) is 50.7 Å². The van der Waals surface area contributed by atoms with Crippen LogP contribution in [-0.2, 0) is 13.0 Å². The average molecular weight is 517 g/mol. The van der Waals surface area contributed by atoms with Gasteiger partial charge in [0.05, 0.1) is 33.6 Å². The third-order valence-electron chi connectivity index (χ3n) is 7.66. The Morgan fingerprint density at radius 1 is 1.11 bits per heavy atom. The van der Waals surface area contributed by atoms with Crippen molar-refractivity contribution in [1.82, 2.24) is 4.98 Å². The highest BCUT2D eigenvalue weighted by atomic mass is 32.1. The summed E-state index contributed by atoms with van der Waals surface area (Å²) >= 11 is 1.59. The summed E-state index contributed by atoms with van der Waals surface area (Å²) in [6.45, 7) is 0.585. The van der Waals surface area contributed by atoms with E-state index in [1.807, 2.05) is 35.8 Å². The Morgan fingerprint density at radius 3 is 2.78 bits per heavy atom. The molecule has 1 fully saturated rings. The van der Waals surface area contributed by atoms with Crippen LogP contribution in [0.4, 0.5) is 8.78 Å². The summed E-state index contributed by atoms with van der Waals surface area (Å²) in [4.78, 5) is 22.4. The highest BCUT2D eigenvalue weighted by Crippen LogP contribution is 2.38. The molecule has 0 bridgehead atoms. The van der Waals surface area contributed by atoms with Crippen molar-refractivity contribution in [2.75, 3.05) is 0 Å². The molecule has 0 radical (unpaired) electrons. The molecular formula is C30H26F2N2O2S. The Labute approximate surface area is 217 Å². The molecule has 1 saturated carbocycles. The quantitative estimate of drug-likeness (QED) is 0.292. The number of aliphatic hydroxyl groups is 1. The number of Topliss-reactive ketones (excluding diaryl/α,β-unsaturated/α-hetero) is 1. The fourth-order valence-electron chi connectivity index (χ4n) is 5.81. The van der Waals surface area contributed by atoms with Crippen LogP contribution in [-0.4, -0.2) is 27.2 Å². The van der Waals surface area contributed by atoms with E-state index in [0.29, 0.717) is 37.8 Å². The van der Waals surface area contributed by atoms with E-state index < -0.39 is 17.2 Å². The molecule has 2 heterocycles. The molecule has 2 aliphatic rings. The molecule has 0 amide bonds. The first-order chi connectivity index (χ1) is 17.9. The highest BCUT2D eigenvalue weighted by Gasteiger charge is 2.36. The number of hydrogen-bond donors (Lipinski definition) is 1. The molecule has 1 N–H and O–H groups in total. The van der Waals surface area contributed by atoms with Crippen molar-refractivity contribution < 1.29 is 18.7 Å². The summed E-state index contributed by atoms with van der Waals surface area (Å²) in [5.74, 6) is -1.32. The SMILES string of the molecule is O=C(C[C@@H]1CCC[C@](O)(Cc2c(F)cccc2F)C1)c1ccc2c(c1)C(c1ccc3ncsc3c1)=NC2. The van der Waals surface area contributed by atoms with Crippen LogP contribution in [0.2, 0.25) is 0 Å². The normalized spacial score (nSPS) is 21.2. The lowest BCUT2D eigenvalue weighted by molar-refractivity contribution is -0.0171. The molecule has 2 atom stereocenters. The van der Waals surface area contributed by atoms with Crippen LogP contribution in [0.15, 0.2) is 65.1 Å². The van der Waals surface area contributed by atoms with E-state index in [1.54, 1.807) is 11.3 Å². The lowest BCUT2D eigenvalue weighted by Crippen LogP contribution is -2.38. The van der Waals surface area contributed by atoms with Gasteiger partial charge in [0.15, 0.2) is 5.78 Å². The van der Waals surface area contributed by atoms with Crippen molar-refractivity contribution in [3.63, 3.8) is 0 Å². The molecule has 7 heteroatoms. The second kappa shape index (κ2) is 9.54. The Kier molecular flexibility index (Phi) is 6.21. The minimum absolute atomic E-state index is 0.0123. The fraction of sp³-hybridized carbons (Fsp3) is 0.300. The molecule has 188 valence electrons. The molecule has 37 heavy (non-hydrogen) atoms. The number of carbonyl (C=O) groups is 1. The monoisotopic (exact) mass is 516 g/mol. The summed E-state index contributed by atoms with van der Waals surface area (Å²) < 4.78 is 29.5. The number of nitrogens with zero attached hydrogens (tertiary/aromatic N) is 2. The molecule has 6 rings (SSSR count). The second-order valence-electron chi connectivity index (χ2n) is 10.3. The zero-order valence-electron chi connectivity index (χ0n) is 20.2. The zero-order chi connectivity index (χ0) is 25.6. The van der Waals surface area contributed by atoms with E-state index in [9.17, 15) is 18.7 Å². The van der Waals surface area contributed by atoms with E-state index in [2.05, 4.69) is 11.1 Å². The molecular weight excluding hydrogens is 490 g/mol. The molecule has 4 aromatic rings. The first-order valence-corrected chi connectivity index (χ1v) is 13.5. The van der Waals surface area contributed by atoms with Gasteiger partial charge < -0.3 is 5.11 Å². The van der Waals surface area contributed by atoms with Crippen LogP contribution in [0.25, 0.3) is 10.2 Å². The molecule has 0 spiro atoms. The van der Waals surface area contributed by atoms with E-state index in [-0.39, 0.29) is 23.7 Å². The Morgan fingerprint density at radius 2 is 1.95 bits per heavy atom. The molecule has 3 aromatic carbocycles. The number of ketones is 1. The van der Waals surface area contributed by atoms with Crippen molar-refractivity contribution in [3.8, 4) is 0 Å². The van der Waals surface area contributed by atoms with Crippen LogP contribution in [0.1, 0.15) is 64.7 Å². The summed E-state index contributed by atoms with van der Waals surface area (Å²) in [6.07, 6.45) is 2.54. The molecule has 0 unspecified atom stereocenters. The van der Waals surface area contributed by atoms with Crippen LogP contribution in [0.3, 0.4) is 0 Å². The number of benzene rings is 3. The lowest BCUT2D eigenvalue weighted by atomic mass is 9.73. The first kappa shape index (κ1) is 24.1. The van der Waals surface area contributed by atoms with E-state index in [0.717, 1.165) is 39.0 Å². The van der Waals surface area contributed by atoms with Gasteiger partial charge in [-0.1, -0.05) is 30.7 Å². The van der Waals surface area contributed by atoms with Crippen LogP contribution in [0.5, 0.6) is 0 Å². The van der Waals surface area contributed by atoms with Gasteiger partial charge in [-0.3, -0.25) is 9.79 Å². The summed E-state index contributed by atoms with van der Waals surface area (Å²) in [5, 5.41) is 11.2. The Hall–Kier alpha value is -3.29. The minimum Gasteiger partial charge on any atom is -0.390 e. The van der Waals surface area contributed by atoms with Gasteiger partial charge >= 0.3 is 0 Å². The third-order valence-corrected chi connectivity index (χ3v) is 8.46. The fourth-order valence-corrected chi connectivity index (χ4v) is 6.53. The third kappa shape index (κ3) is 4.74. The predicted octanol–water partition coefficient (Wildman–Crippen LogP) is 6.66. The Bertz CT molecular complexity index is 1530. The largest absolute Gasteiger partial charge is 0.390 e. The van der Waals surface area contributed by atoms with Gasteiger partial charge in [-0.05, 0) is 61.1 Å². The average Bonchev–Trinajstić information content (AvgIpc) is 3.52. The molecule has 1 aliphatic heterocycles. The summed E-state index contributed by atoms with van der Waals surface area (Å²) in [7, 11) is 0. The maximum atomic E-state index is 14.2. The van der Waals surface area contributed by atoms with E-state index in [1.165, 1.54) is 18.2 Å². The van der Waals surface area contributed by atoms with Gasteiger partial charge in [0.2, 0.25) is 0 Å². The van der Waals surface area contributed by atoms with E-state index in [4.69, 9.17) is 4.99 Å². The van der Waals surface area contributed by atoms with Crippen molar-refractivity contribution in [1.29, 1.82) is 0 Å². The number of aliphatic imine (C=N–C) groups is 1. The first-order valence-electron chi connectivity index (χ1n) is 12.6. The minimum atomic E-state index is -1.22. The van der Waals surface area contributed by atoms with Crippen molar-refractivity contribution >= 4 is 33.0 Å². The van der Waals surface area contributed by atoms with E-state index >= 15 is 0 Å². The Balaban J connectivity index is 1.18. The number of halogens is 2. The lowest BCUT2D eigenvalue weighted by Gasteiger charge is -2.37. The van der Waals surface area contributed by atoms with Crippen LogP contribution in [0, 0.1) is 17.6 Å². The smallest absolute Gasteiger partial charge is 0.163 e. The predicted molar refractivity (Wildman–Crippen MR) is 141 cm³/mol. The van der Waals surface area contributed by atoms with Crippen molar-refractivity contribution in [2.24, 2.45) is 10.9 Å². The number of fused-ring (bicyclic) bond motifs is 2. The van der Waals surface area contributed by atoms with Crippen molar-refractivity contribution in [3.05, 3.63) is 99.6 Å². The highest BCUT2D eigenvalue weighted by molar-refractivity contribution is 7.16. The zero-order valence-corrected chi connectivity index (χ0v) is 21.0. The maximum Gasteiger partial charge on any atom is 0.163 e. The summed E-state index contributed by atoms with van der Waals surface area (Å²) in [6, 6.07) is 15.6. The number of aromatic nitrogens is 1. The topological polar surface area (TPSA) is 62.5 Å². The molecule has 4 nitrogen and oxygen atoms in total. The number of rotatable bonds is 6.